The van der Waals surface area contributed by atoms with Crippen LogP contribution in [0, 0.1) is 0 Å². The largest absolute Gasteiger partial charge is 0.378 e. The van der Waals surface area contributed by atoms with Gasteiger partial charge in [-0.2, -0.15) is 4.98 Å². The van der Waals surface area contributed by atoms with Gasteiger partial charge in [-0.25, -0.2) is 4.98 Å². The van der Waals surface area contributed by atoms with Gasteiger partial charge in [0.15, 0.2) is 0 Å². The van der Waals surface area contributed by atoms with Gasteiger partial charge in [0.2, 0.25) is 5.28 Å². The number of anilines is 1. The van der Waals surface area contributed by atoms with E-state index in [-0.39, 0.29) is 0 Å². The number of fused-ring (bicyclic) bond motifs is 1. The van der Waals surface area contributed by atoms with E-state index in [2.05, 4.69) is 27.9 Å². The molecule has 0 aliphatic carbocycles. The highest BCUT2D eigenvalue weighted by atomic mass is 35.5. The van der Waals surface area contributed by atoms with Crippen LogP contribution < -0.4 is 4.90 Å². The quantitative estimate of drug-likeness (QED) is 0.795. The zero-order valence-corrected chi connectivity index (χ0v) is 11.7. The second-order valence-corrected chi connectivity index (χ2v) is 5.65. The summed E-state index contributed by atoms with van der Waals surface area (Å²) in [7, 11) is 0. The lowest BCUT2D eigenvalue weighted by molar-refractivity contribution is 0.122. The molecule has 0 aromatic carbocycles. The van der Waals surface area contributed by atoms with Crippen molar-refractivity contribution in [2.75, 3.05) is 31.2 Å². The molecule has 1 aliphatic rings. The van der Waals surface area contributed by atoms with Crippen molar-refractivity contribution in [3.63, 3.8) is 0 Å². The molecule has 2 aromatic rings. The first-order valence-corrected chi connectivity index (χ1v) is 7.26. The second kappa shape index (κ2) is 4.99. The molecule has 0 unspecified atom stereocenters. The fraction of sp³-hybridized carbons (Fsp3) is 0.500. The van der Waals surface area contributed by atoms with Gasteiger partial charge in [0.1, 0.15) is 10.6 Å². The average Bonchev–Trinajstić information content (AvgIpc) is 2.81. The van der Waals surface area contributed by atoms with Crippen LogP contribution in [-0.4, -0.2) is 36.3 Å². The van der Waals surface area contributed by atoms with Crippen molar-refractivity contribution in [3.8, 4) is 0 Å². The average molecular weight is 284 g/mol. The third-order valence-electron chi connectivity index (χ3n) is 3.06. The Morgan fingerprint density at radius 3 is 2.89 bits per heavy atom. The predicted molar refractivity (Wildman–Crippen MR) is 74.8 cm³/mol. The Balaban J connectivity index is 2.10. The molecule has 0 bridgehead atoms. The van der Waals surface area contributed by atoms with Crippen LogP contribution in [0.15, 0.2) is 6.07 Å². The van der Waals surface area contributed by atoms with Crippen molar-refractivity contribution in [2.45, 2.75) is 13.3 Å². The molecule has 0 saturated carbocycles. The highest BCUT2D eigenvalue weighted by Crippen LogP contribution is 2.32. The number of morpholine rings is 1. The van der Waals surface area contributed by atoms with Gasteiger partial charge in [0.25, 0.3) is 0 Å². The monoisotopic (exact) mass is 283 g/mol. The molecule has 0 N–H and O–H groups in total. The van der Waals surface area contributed by atoms with Crippen LogP contribution >= 0.6 is 22.9 Å². The summed E-state index contributed by atoms with van der Waals surface area (Å²) in [5.74, 6) is 0.948. The van der Waals surface area contributed by atoms with E-state index in [1.807, 2.05) is 0 Å². The van der Waals surface area contributed by atoms with Crippen LogP contribution in [-0.2, 0) is 11.2 Å². The van der Waals surface area contributed by atoms with Crippen molar-refractivity contribution in [3.05, 3.63) is 16.2 Å². The van der Waals surface area contributed by atoms with E-state index >= 15 is 0 Å². The van der Waals surface area contributed by atoms with Gasteiger partial charge in [-0.05, 0) is 24.1 Å². The van der Waals surface area contributed by atoms with Crippen molar-refractivity contribution in [1.82, 2.24) is 9.97 Å². The van der Waals surface area contributed by atoms with Crippen molar-refractivity contribution in [2.24, 2.45) is 0 Å². The van der Waals surface area contributed by atoms with Crippen molar-refractivity contribution in [1.29, 1.82) is 0 Å². The minimum Gasteiger partial charge on any atom is -0.378 e. The zero-order chi connectivity index (χ0) is 12.5. The Bertz CT molecular complexity index is 566. The highest BCUT2D eigenvalue weighted by Gasteiger charge is 2.18. The maximum Gasteiger partial charge on any atom is 0.225 e. The third-order valence-corrected chi connectivity index (χ3v) is 4.40. The number of hydrogen-bond donors (Lipinski definition) is 0. The fourth-order valence-electron chi connectivity index (χ4n) is 2.12. The Morgan fingerprint density at radius 1 is 1.39 bits per heavy atom. The summed E-state index contributed by atoms with van der Waals surface area (Å²) in [4.78, 5) is 13.2. The first-order chi connectivity index (χ1) is 8.78. The highest BCUT2D eigenvalue weighted by molar-refractivity contribution is 7.18. The molecule has 1 fully saturated rings. The number of hydrogen-bond acceptors (Lipinski definition) is 5. The molecule has 3 rings (SSSR count). The molecule has 4 nitrogen and oxygen atoms in total. The maximum atomic E-state index is 6.02. The summed E-state index contributed by atoms with van der Waals surface area (Å²) >= 11 is 7.72. The molecule has 96 valence electrons. The lowest BCUT2D eigenvalue weighted by Crippen LogP contribution is -2.36. The molecule has 0 spiro atoms. The van der Waals surface area contributed by atoms with Crippen LogP contribution in [0.3, 0.4) is 0 Å². The summed E-state index contributed by atoms with van der Waals surface area (Å²) < 4.78 is 5.37. The van der Waals surface area contributed by atoms with Crippen LogP contribution in [0.25, 0.3) is 10.2 Å². The first-order valence-electron chi connectivity index (χ1n) is 6.06. The third kappa shape index (κ3) is 2.18. The van der Waals surface area contributed by atoms with Gasteiger partial charge < -0.3 is 9.64 Å². The van der Waals surface area contributed by atoms with Crippen molar-refractivity contribution >= 4 is 39.0 Å². The minimum atomic E-state index is 0.327. The Hall–Kier alpha value is -0.910. The molecule has 0 radical (unpaired) electrons. The molecular weight excluding hydrogens is 270 g/mol. The summed E-state index contributed by atoms with van der Waals surface area (Å²) in [5.41, 5.74) is 0. The molecule has 3 heterocycles. The summed E-state index contributed by atoms with van der Waals surface area (Å²) in [6, 6.07) is 2.18. The molecule has 6 heteroatoms. The van der Waals surface area contributed by atoms with Crippen LogP contribution in [0.2, 0.25) is 5.28 Å². The Labute approximate surface area is 115 Å². The van der Waals surface area contributed by atoms with Gasteiger partial charge in [0.05, 0.1) is 18.6 Å². The van der Waals surface area contributed by atoms with Gasteiger partial charge >= 0.3 is 0 Å². The van der Waals surface area contributed by atoms with E-state index in [0.717, 1.165) is 48.8 Å². The van der Waals surface area contributed by atoms with Gasteiger partial charge in [0, 0.05) is 18.0 Å². The lowest BCUT2D eigenvalue weighted by Gasteiger charge is -2.28. The molecule has 2 aromatic heterocycles. The Kier molecular flexibility index (Phi) is 3.37. The van der Waals surface area contributed by atoms with E-state index in [4.69, 9.17) is 16.3 Å². The second-order valence-electron chi connectivity index (χ2n) is 4.20. The maximum absolute atomic E-state index is 6.02. The molecular formula is C12H14ClN3OS. The van der Waals surface area contributed by atoms with Gasteiger partial charge in [-0.3, -0.25) is 0 Å². The van der Waals surface area contributed by atoms with Crippen LogP contribution in [0.1, 0.15) is 11.8 Å². The standard InChI is InChI=1S/C12H14ClN3OS/c1-2-8-7-9-10(16-3-5-17-6-4-16)14-12(13)15-11(9)18-8/h7H,2-6H2,1H3. The number of rotatable bonds is 2. The van der Waals surface area contributed by atoms with E-state index in [9.17, 15) is 0 Å². The number of aromatic nitrogens is 2. The van der Waals surface area contributed by atoms with Crippen LogP contribution in [0.4, 0.5) is 5.82 Å². The number of nitrogens with zero attached hydrogens (tertiary/aromatic N) is 3. The molecule has 1 saturated heterocycles. The fourth-order valence-corrected chi connectivity index (χ4v) is 3.30. The minimum absolute atomic E-state index is 0.327. The number of ether oxygens (including phenoxy) is 1. The molecule has 0 amide bonds. The summed E-state index contributed by atoms with van der Waals surface area (Å²) in [6.07, 6.45) is 1.02. The first kappa shape index (κ1) is 12.1. The molecule has 1 aliphatic heterocycles. The number of thiophene rings is 1. The smallest absolute Gasteiger partial charge is 0.225 e. The Morgan fingerprint density at radius 2 is 2.17 bits per heavy atom. The van der Waals surface area contributed by atoms with E-state index in [0.29, 0.717) is 5.28 Å². The van der Waals surface area contributed by atoms with Gasteiger partial charge in [-0.15, -0.1) is 11.3 Å². The topological polar surface area (TPSA) is 38.2 Å². The SMILES string of the molecule is CCc1cc2c(N3CCOCC3)nc(Cl)nc2s1. The normalized spacial score (nSPS) is 16.4. The predicted octanol–water partition coefficient (Wildman–Crippen LogP) is 2.74. The van der Waals surface area contributed by atoms with Gasteiger partial charge in [-0.1, -0.05) is 6.92 Å². The number of aryl methyl sites for hydroxylation is 1. The summed E-state index contributed by atoms with van der Waals surface area (Å²) in [6.45, 7) is 5.36. The molecule has 0 atom stereocenters. The van der Waals surface area contributed by atoms with E-state index in [1.165, 1.54) is 4.88 Å². The van der Waals surface area contributed by atoms with Crippen LogP contribution in [0.5, 0.6) is 0 Å². The molecule has 18 heavy (non-hydrogen) atoms. The van der Waals surface area contributed by atoms with Crippen molar-refractivity contribution < 1.29 is 4.74 Å². The zero-order valence-electron chi connectivity index (χ0n) is 10.1. The lowest BCUT2D eigenvalue weighted by atomic mass is 10.3. The summed E-state index contributed by atoms with van der Waals surface area (Å²) in [5, 5.41) is 1.44. The number of halogens is 1. The van der Waals surface area contributed by atoms with E-state index in [1.54, 1.807) is 11.3 Å². The van der Waals surface area contributed by atoms with E-state index < -0.39 is 0 Å².